The van der Waals surface area contributed by atoms with Crippen molar-refractivity contribution in [2.75, 3.05) is 12.4 Å². The van der Waals surface area contributed by atoms with E-state index in [1.807, 2.05) is 37.3 Å². The quantitative estimate of drug-likeness (QED) is 0.648. The standard InChI is InChI=1S/C16H18N2O3/c1-3-13-7-8-14(10-16(13)18(19)20)17-11-12-5-4-6-15(9-12)21-2/h4-10,17H,3,11H2,1-2H3. The van der Waals surface area contributed by atoms with E-state index in [9.17, 15) is 10.1 Å². The Labute approximate surface area is 123 Å². The lowest BCUT2D eigenvalue weighted by molar-refractivity contribution is -0.385. The maximum absolute atomic E-state index is 11.1. The van der Waals surface area contributed by atoms with Crippen molar-refractivity contribution in [2.45, 2.75) is 19.9 Å². The van der Waals surface area contributed by atoms with Gasteiger partial charge in [-0.1, -0.05) is 25.1 Å². The zero-order valence-electron chi connectivity index (χ0n) is 12.1. The Morgan fingerprint density at radius 2 is 2.05 bits per heavy atom. The van der Waals surface area contributed by atoms with Crippen LogP contribution in [0.4, 0.5) is 11.4 Å². The minimum atomic E-state index is -0.338. The Kier molecular flexibility index (Phi) is 4.77. The largest absolute Gasteiger partial charge is 0.497 e. The van der Waals surface area contributed by atoms with Gasteiger partial charge in [-0.05, 0) is 30.2 Å². The zero-order chi connectivity index (χ0) is 15.2. The molecule has 0 spiro atoms. The van der Waals surface area contributed by atoms with Gasteiger partial charge in [-0.15, -0.1) is 0 Å². The number of nitrogens with zero attached hydrogens (tertiary/aromatic N) is 1. The van der Waals surface area contributed by atoms with Crippen LogP contribution >= 0.6 is 0 Å². The molecule has 0 aliphatic rings. The van der Waals surface area contributed by atoms with E-state index in [0.717, 1.165) is 22.6 Å². The van der Waals surface area contributed by atoms with Crippen LogP contribution in [0.2, 0.25) is 0 Å². The summed E-state index contributed by atoms with van der Waals surface area (Å²) in [6.07, 6.45) is 0.645. The van der Waals surface area contributed by atoms with Crippen LogP contribution < -0.4 is 10.1 Å². The highest BCUT2D eigenvalue weighted by atomic mass is 16.6. The van der Waals surface area contributed by atoms with Gasteiger partial charge in [0.05, 0.1) is 12.0 Å². The fourth-order valence-electron chi connectivity index (χ4n) is 2.13. The molecule has 0 aliphatic carbocycles. The van der Waals surface area contributed by atoms with E-state index >= 15 is 0 Å². The number of anilines is 1. The van der Waals surface area contributed by atoms with E-state index in [2.05, 4.69) is 5.32 Å². The van der Waals surface area contributed by atoms with E-state index in [0.29, 0.717) is 13.0 Å². The summed E-state index contributed by atoms with van der Waals surface area (Å²) in [5.41, 5.74) is 2.69. The Bertz CT molecular complexity index is 641. The van der Waals surface area contributed by atoms with Gasteiger partial charge >= 0.3 is 0 Å². The van der Waals surface area contributed by atoms with Gasteiger partial charge in [0.1, 0.15) is 5.75 Å². The van der Waals surface area contributed by atoms with Crippen molar-refractivity contribution < 1.29 is 9.66 Å². The highest BCUT2D eigenvalue weighted by Crippen LogP contribution is 2.24. The first-order valence-corrected chi connectivity index (χ1v) is 6.78. The summed E-state index contributed by atoms with van der Waals surface area (Å²) in [4.78, 5) is 10.7. The smallest absolute Gasteiger partial charge is 0.274 e. The number of hydrogen-bond acceptors (Lipinski definition) is 4. The summed E-state index contributed by atoms with van der Waals surface area (Å²) in [6.45, 7) is 2.49. The molecular weight excluding hydrogens is 268 g/mol. The Balaban J connectivity index is 2.12. The number of aryl methyl sites for hydroxylation is 1. The minimum absolute atomic E-state index is 0.160. The van der Waals surface area contributed by atoms with Crippen molar-refractivity contribution in [1.82, 2.24) is 0 Å². The van der Waals surface area contributed by atoms with Gasteiger partial charge in [0.2, 0.25) is 0 Å². The second kappa shape index (κ2) is 6.74. The molecule has 0 radical (unpaired) electrons. The lowest BCUT2D eigenvalue weighted by atomic mass is 10.1. The second-order valence-electron chi connectivity index (χ2n) is 4.66. The molecule has 0 atom stereocenters. The number of nitro benzene ring substituents is 1. The van der Waals surface area contributed by atoms with Gasteiger partial charge in [-0.3, -0.25) is 10.1 Å². The van der Waals surface area contributed by atoms with Crippen LogP contribution in [-0.4, -0.2) is 12.0 Å². The van der Waals surface area contributed by atoms with Gasteiger partial charge < -0.3 is 10.1 Å². The molecule has 2 aromatic rings. The Morgan fingerprint density at radius 3 is 2.71 bits per heavy atom. The SMILES string of the molecule is CCc1ccc(NCc2cccc(OC)c2)cc1[N+](=O)[O-]. The normalized spacial score (nSPS) is 10.2. The molecule has 0 aliphatic heterocycles. The van der Waals surface area contributed by atoms with Crippen molar-refractivity contribution in [3.8, 4) is 5.75 Å². The van der Waals surface area contributed by atoms with E-state index < -0.39 is 0 Å². The molecule has 0 bridgehead atoms. The van der Waals surface area contributed by atoms with Crippen molar-refractivity contribution >= 4 is 11.4 Å². The molecule has 0 amide bonds. The third-order valence-electron chi connectivity index (χ3n) is 3.29. The van der Waals surface area contributed by atoms with Gasteiger partial charge in [0.15, 0.2) is 0 Å². The van der Waals surface area contributed by atoms with Gasteiger partial charge in [-0.2, -0.15) is 0 Å². The molecule has 21 heavy (non-hydrogen) atoms. The number of ether oxygens (including phenoxy) is 1. The third-order valence-corrected chi connectivity index (χ3v) is 3.29. The van der Waals surface area contributed by atoms with Crippen LogP contribution in [0.5, 0.6) is 5.75 Å². The highest BCUT2D eigenvalue weighted by molar-refractivity contribution is 5.55. The van der Waals surface area contributed by atoms with Crippen molar-refractivity contribution in [3.63, 3.8) is 0 Å². The zero-order valence-corrected chi connectivity index (χ0v) is 12.1. The van der Waals surface area contributed by atoms with Gasteiger partial charge in [-0.25, -0.2) is 0 Å². The molecule has 5 heteroatoms. The van der Waals surface area contributed by atoms with E-state index in [1.54, 1.807) is 19.2 Å². The molecule has 0 heterocycles. The molecule has 0 saturated heterocycles. The van der Waals surface area contributed by atoms with Crippen molar-refractivity contribution in [3.05, 3.63) is 63.7 Å². The number of benzene rings is 2. The van der Waals surface area contributed by atoms with Crippen molar-refractivity contribution in [1.29, 1.82) is 0 Å². The molecule has 5 nitrogen and oxygen atoms in total. The Hall–Kier alpha value is -2.56. The molecule has 1 N–H and O–H groups in total. The van der Waals surface area contributed by atoms with Gasteiger partial charge in [0, 0.05) is 23.9 Å². The fourth-order valence-corrected chi connectivity index (χ4v) is 2.13. The maximum Gasteiger partial charge on any atom is 0.274 e. The summed E-state index contributed by atoms with van der Waals surface area (Å²) in [6, 6.07) is 13.0. The number of nitro groups is 1. The van der Waals surface area contributed by atoms with Crippen molar-refractivity contribution in [2.24, 2.45) is 0 Å². The third kappa shape index (κ3) is 3.72. The van der Waals surface area contributed by atoms with Crippen LogP contribution in [0.15, 0.2) is 42.5 Å². The number of methoxy groups -OCH3 is 1. The minimum Gasteiger partial charge on any atom is -0.497 e. The number of nitrogens with one attached hydrogen (secondary N) is 1. The number of rotatable bonds is 6. The van der Waals surface area contributed by atoms with Crippen LogP contribution in [0.1, 0.15) is 18.1 Å². The molecule has 0 aromatic heterocycles. The lowest BCUT2D eigenvalue weighted by Gasteiger charge is -2.09. The molecule has 110 valence electrons. The first-order valence-electron chi connectivity index (χ1n) is 6.78. The maximum atomic E-state index is 11.1. The van der Waals surface area contributed by atoms with E-state index in [-0.39, 0.29) is 10.6 Å². The summed E-state index contributed by atoms with van der Waals surface area (Å²) < 4.78 is 5.17. The molecule has 2 aromatic carbocycles. The van der Waals surface area contributed by atoms with Crippen LogP contribution in [0.3, 0.4) is 0 Å². The highest BCUT2D eigenvalue weighted by Gasteiger charge is 2.12. The average molecular weight is 286 g/mol. The van der Waals surface area contributed by atoms with Crippen LogP contribution in [0, 0.1) is 10.1 Å². The van der Waals surface area contributed by atoms with Crippen LogP contribution in [0.25, 0.3) is 0 Å². The molecule has 0 saturated carbocycles. The Morgan fingerprint density at radius 1 is 1.24 bits per heavy atom. The summed E-state index contributed by atoms with van der Waals surface area (Å²) in [5, 5.41) is 14.3. The first kappa shape index (κ1) is 14.8. The molecule has 0 unspecified atom stereocenters. The monoisotopic (exact) mass is 286 g/mol. The molecule has 0 fully saturated rings. The lowest BCUT2D eigenvalue weighted by Crippen LogP contribution is -2.01. The predicted molar refractivity (Wildman–Crippen MR) is 82.8 cm³/mol. The second-order valence-corrected chi connectivity index (χ2v) is 4.66. The summed E-state index contributed by atoms with van der Waals surface area (Å²) in [5.74, 6) is 0.793. The number of hydrogen-bond donors (Lipinski definition) is 1. The predicted octanol–water partition coefficient (Wildman–Crippen LogP) is 3.78. The van der Waals surface area contributed by atoms with E-state index in [1.165, 1.54) is 0 Å². The first-order chi connectivity index (χ1) is 10.1. The van der Waals surface area contributed by atoms with E-state index in [4.69, 9.17) is 4.74 Å². The van der Waals surface area contributed by atoms with Crippen LogP contribution in [-0.2, 0) is 13.0 Å². The summed E-state index contributed by atoms with van der Waals surface area (Å²) >= 11 is 0. The summed E-state index contributed by atoms with van der Waals surface area (Å²) in [7, 11) is 1.62. The molecule has 2 rings (SSSR count). The molecular formula is C16H18N2O3. The average Bonchev–Trinajstić information content (AvgIpc) is 2.52. The fraction of sp³-hybridized carbons (Fsp3) is 0.250. The van der Waals surface area contributed by atoms with Gasteiger partial charge in [0.25, 0.3) is 5.69 Å². The topological polar surface area (TPSA) is 64.4 Å².